The summed E-state index contributed by atoms with van der Waals surface area (Å²) in [5, 5.41) is 0. The Bertz CT molecular complexity index is 422. The van der Waals surface area contributed by atoms with Crippen LogP contribution in [0.5, 0.6) is 0 Å². The van der Waals surface area contributed by atoms with Crippen LogP contribution in [0.15, 0.2) is 11.5 Å². The Labute approximate surface area is 105 Å². The third-order valence-electron chi connectivity index (χ3n) is 3.43. The van der Waals surface area contributed by atoms with Gasteiger partial charge in [0.05, 0.1) is 26.7 Å². The largest absolute Gasteiger partial charge is 0.468 e. The van der Waals surface area contributed by atoms with E-state index in [1.165, 1.54) is 14.2 Å². The Morgan fingerprint density at radius 3 is 2.61 bits per heavy atom. The molecule has 6 nitrogen and oxygen atoms in total. The highest BCUT2D eigenvalue weighted by atomic mass is 16.7. The Kier molecular flexibility index (Phi) is 2.96. The quantitative estimate of drug-likeness (QED) is 0.674. The molecular formula is C12H16O6. The van der Waals surface area contributed by atoms with E-state index in [9.17, 15) is 9.59 Å². The van der Waals surface area contributed by atoms with Crippen molar-refractivity contribution in [3.8, 4) is 0 Å². The Hall–Kier alpha value is -1.72. The van der Waals surface area contributed by atoms with Gasteiger partial charge in [0.25, 0.3) is 5.95 Å². The molecule has 0 bridgehead atoms. The molecule has 1 saturated heterocycles. The first-order valence-corrected chi connectivity index (χ1v) is 5.64. The number of ether oxygens (including phenoxy) is 4. The van der Waals surface area contributed by atoms with Gasteiger partial charge in [-0.3, -0.25) is 4.79 Å². The summed E-state index contributed by atoms with van der Waals surface area (Å²) in [6.07, 6.45) is 0. The van der Waals surface area contributed by atoms with Crippen molar-refractivity contribution in [1.82, 2.24) is 0 Å². The number of cyclic esters (lactones) is 1. The van der Waals surface area contributed by atoms with Gasteiger partial charge >= 0.3 is 11.9 Å². The summed E-state index contributed by atoms with van der Waals surface area (Å²) < 4.78 is 20.4. The second-order valence-electron chi connectivity index (χ2n) is 4.82. The fraction of sp³-hybridized carbons (Fsp3) is 0.667. The van der Waals surface area contributed by atoms with Gasteiger partial charge in [0.1, 0.15) is 17.1 Å². The predicted molar refractivity (Wildman–Crippen MR) is 59.2 cm³/mol. The van der Waals surface area contributed by atoms with E-state index in [0.29, 0.717) is 0 Å². The third kappa shape index (κ3) is 1.72. The Balaban J connectivity index is 2.52. The molecule has 2 aliphatic rings. The smallest absolute Gasteiger partial charge is 0.341 e. The molecule has 18 heavy (non-hydrogen) atoms. The number of carbonyl (C=O) groups is 2. The molecular weight excluding hydrogens is 240 g/mol. The van der Waals surface area contributed by atoms with E-state index in [2.05, 4.69) is 4.74 Å². The SMILES string of the molecule is COC(=O)C1=C(OC)OC(C)(C)[C@@H]2COC(=O)[C@H]12. The third-order valence-corrected chi connectivity index (χ3v) is 3.43. The average Bonchev–Trinajstić information content (AvgIpc) is 2.71. The number of methoxy groups -OCH3 is 2. The van der Waals surface area contributed by atoms with Gasteiger partial charge in [-0.15, -0.1) is 0 Å². The first kappa shape index (κ1) is 12.7. The van der Waals surface area contributed by atoms with Gasteiger partial charge in [-0.25, -0.2) is 4.79 Å². The number of esters is 2. The van der Waals surface area contributed by atoms with Crippen LogP contribution in [0.2, 0.25) is 0 Å². The van der Waals surface area contributed by atoms with E-state index in [1.54, 1.807) is 0 Å². The molecule has 2 heterocycles. The van der Waals surface area contributed by atoms with Gasteiger partial charge in [0, 0.05) is 0 Å². The lowest BCUT2D eigenvalue weighted by molar-refractivity contribution is -0.149. The molecule has 0 unspecified atom stereocenters. The van der Waals surface area contributed by atoms with Crippen molar-refractivity contribution >= 4 is 11.9 Å². The topological polar surface area (TPSA) is 71.1 Å². The monoisotopic (exact) mass is 256 g/mol. The summed E-state index contributed by atoms with van der Waals surface area (Å²) in [5.74, 6) is -1.94. The number of carbonyl (C=O) groups excluding carboxylic acids is 2. The van der Waals surface area contributed by atoms with Crippen molar-refractivity contribution < 1.29 is 28.5 Å². The molecule has 1 fully saturated rings. The molecule has 0 N–H and O–H groups in total. The second kappa shape index (κ2) is 4.19. The van der Waals surface area contributed by atoms with Crippen LogP contribution in [0.3, 0.4) is 0 Å². The van der Waals surface area contributed by atoms with E-state index >= 15 is 0 Å². The molecule has 0 aliphatic carbocycles. The fourth-order valence-electron chi connectivity index (χ4n) is 2.41. The van der Waals surface area contributed by atoms with Gasteiger partial charge in [-0.1, -0.05) is 0 Å². The van der Waals surface area contributed by atoms with E-state index in [4.69, 9.17) is 14.2 Å². The van der Waals surface area contributed by atoms with Crippen LogP contribution in [0, 0.1) is 11.8 Å². The number of hydrogen-bond donors (Lipinski definition) is 0. The summed E-state index contributed by atoms with van der Waals surface area (Å²) in [5.41, 5.74) is -0.536. The van der Waals surface area contributed by atoms with Crippen molar-refractivity contribution in [1.29, 1.82) is 0 Å². The highest BCUT2D eigenvalue weighted by Crippen LogP contribution is 2.45. The molecule has 2 aliphatic heterocycles. The maximum atomic E-state index is 11.8. The summed E-state index contributed by atoms with van der Waals surface area (Å²) in [7, 11) is 2.63. The second-order valence-corrected chi connectivity index (χ2v) is 4.82. The molecule has 2 rings (SSSR count). The van der Waals surface area contributed by atoms with Gasteiger partial charge < -0.3 is 18.9 Å². The normalized spacial score (nSPS) is 29.2. The van der Waals surface area contributed by atoms with Crippen molar-refractivity contribution in [2.75, 3.05) is 20.8 Å². The van der Waals surface area contributed by atoms with Crippen LogP contribution in [0.1, 0.15) is 13.8 Å². The maximum Gasteiger partial charge on any atom is 0.341 e. The lowest BCUT2D eigenvalue weighted by Crippen LogP contribution is -2.45. The number of rotatable bonds is 2. The molecule has 0 aromatic carbocycles. The first-order chi connectivity index (χ1) is 8.42. The van der Waals surface area contributed by atoms with Crippen LogP contribution < -0.4 is 0 Å². The minimum absolute atomic E-state index is 0.0342. The first-order valence-electron chi connectivity index (χ1n) is 5.64. The molecule has 0 saturated carbocycles. The van der Waals surface area contributed by atoms with Crippen LogP contribution in [0.4, 0.5) is 0 Å². The number of hydrogen-bond acceptors (Lipinski definition) is 6. The molecule has 0 amide bonds. The van der Waals surface area contributed by atoms with Crippen molar-refractivity contribution in [2.45, 2.75) is 19.4 Å². The molecule has 6 heteroatoms. The van der Waals surface area contributed by atoms with Crippen LogP contribution in [-0.4, -0.2) is 38.4 Å². The zero-order valence-electron chi connectivity index (χ0n) is 10.8. The lowest BCUT2D eigenvalue weighted by atomic mass is 9.76. The van der Waals surface area contributed by atoms with Crippen LogP contribution in [0.25, 0.3) is 0 Å². The van der Waals surface area contributed by atoms with E-state index in [-0.39, 0.29) is 24.0 Å². The average molecular weight is 256 g/mol. The zero-order chi connectivity index (χ0) is 13.5. The van der Waals surface area contributed by atoms with Crippen LogP contribution >= 0.6 is 0 Å². The van der Waals surface area contributed by atoms with E-state index in [1.807, 2.05) is 13.8 Å². The molecule has 2 atom stereocenters. The Morgan fingerprint density at radius 1 is 1.39 bits per heavy atom. The van der Waals surface area contributed by atoms with Gasteiger partial charge in [-0.05, 0) is 13.8 Å². The van der Waals surface area contributed by atoms with Crippen LogP contribution in [-0.2, 0) is 28.5 Å². The van der Waals surface area contributed by atoms with E-state index < -0.39 is 23.5 Å². The van der Waals surface area contributed by atoms with Crippen molar-refractivity contribution in [2.24, 2.45) is 11.8 Å². The van der Waals surface area contributed by atoms with Gasteiger partial charge in [-0.2, -0.15) is 0 Å². The number of fused-ring (bicyclic) bond motifs is 1. The minimum Gasteiger partial charge on any atom is -0.468 e. The zero-order valence-corrected chi connectivity index (χ0v) is 10.8. The molecule has 100 valence electrons. The van der Waals surface area contributed by atoms with Crippen molar-refractivity contribution in [3.05, 3.63) is 11.5 Å². The molecule has 0 spiro atoms. The molecule has 0 aromatic rings. The molecule has 0 aromatic heterocycles. The standard InChI is InChI=1S/C12H16O6/c1-12(2)6-5-17-10(14)7(6)8(9(13)15-3)11(16-4)18-12/h6-7H,5H2,1-4H3/t6-,7+/m1/s1. The fourth-order valence-corrected chi connectivity index (χ4v) is 2.41. The van der Waals surface area contributed by atoms with Crippen molar-refractivity contribution in [3.63, 3.8) is 0 Å². The maximum absolute atomic E-state index is 11.8. The van der Waals surface area contributed by atoms with Gasteiger partial charge in [0.15, 0.2) is 0 Å². The highest BCUT2D eigenvalue weighted by Gasteiger charge is 2.56. The predicted octanol–water partition coefficient (Wildman–Crippen LogP) is 0.615. The molecule has 0 radical (unpaired) electrons. The van der Waals surface area contributed by atoms with E-state index in [0.717, 1.165) is 0 Å². The summed E-state index contributed by atoms with van der Waals surface area (Å²) in [6, 6.07) is 0. The van der Waals surface area contributed by atoms with Gasteiger partial charge in [0.2, 0.25) is 0 Å². The summed E-state index contributed by atoms with van der Waals surface area (Å²) in [6.45, 7) is 3.90. The Morgan fingerprint density at radius 2 is 2.06 bits per heavy atom. The highest BCUT2D eigenvalue weighted by molar-refractivity contribution is 5.97. The lowest BCUT2D eigenvalue weighted by Gasteiger charge is -2.38. The minimum atomic E-state index is -0.684. The summed E-state index contributed by atoms with van der Waals surface area (Å²) >= 11 is 0. The summed E-state index contributed by atoms with van der Waals surface area (Å²) in [4.78, 5) is 23.6.